The van der Waals surface area contributed by atoms with Crippen LogP contribution in [0.4, 0.5) is 5.69 Å². The summed E-state index contributed by atoms with van der Waals surface area (Å²) in [5, 5.41) is 2.39. The van der Waals surface area contributed by atoms with Crippen molar-refractivity contribution in [1.29, 1.82) is 0 Å². The molecule has 1 aromatic carbocycles. The van der Waals surface area contributed by atoms with Gasteiger partial charge in [-0.05, 0) is 42.9 Å². The first-order valence-corrected chi connectivity index (χ1v) is 8.30. The molecule has 25 heavy (non-hydrogen) atoms. The molecule has 0 aliphatic heterocycles. The van der Waals surface area contributed by atoms with Gasteiger partial charge in [0.25, 0.3) is 5.56 Å². The van der Waals surface area contributed by atoms with Crippen LogP contribution in [0.3, 0.4) is 0 Å². The minimum atomic E-state index is -0.682. The number of aromatic amines is 2. The van der Waals surface area contributed by atoms with Gasteiger partial charge in [-0.1, -0.05) is 12.1 Å². The number of ketones is 1. The SMILES string of the molecule is O=C(CCC(=O)c1ccc2c(c1)CCCC2)Nc1c[nH]c(=O)[nH]c1=O. The van der Waals surface area contributed by atoms with Crippen LogP contribution in [-0.2, 0) is 17.6 Å². The summed E-state index contributed by atoms with van der Waals surface area (Å²) in [4.78, 5) is 51.0. The van der Waals surface area contributed by atoms with Crippen molar-refractivity contribution in [3.05, 3.63) is 61.9 Å². The Kier molecular flexibility index (Phi) is 4.92. The maximum absolute atomic E-state index is 12.3. The highest BCUT2D eigenvalue weighted by molar-refractivity contribution is 6.00. The maximum atomic E-state index is 12.3. The van der Waals surface area contributed by atoms with Gasteiger partial charge < -0.3 is 10.3 Å². The van der Waals surface area contributed by atoms with Gasteiger partial charge in [0.1, 0.15) is 5.69 Å². The van der Waals surface area contributed by atoms with Crippen LogP contribution in [0.25, 0.3) is 0 Å². The van der Waals surface area contributed by atoms with E-state index in [-0.39, 0.29) is 24.3 Å². The Morgan fingerprint density at radius 3 is 2.56 bits per heavy atom. The molecule has 0 saturated heterocycles. The van der Waals surface area contributed by atoms with Crippen molar-refractivity contribution in [1.82, 2.24) is 9.97 Å². The lowest BCUT2D eigenvalue weighted by atomic mass is 9.89. The van der Waals surface area contributed by atoms with E-state index in [4.69, 9.17) is 0 Å². The number of amides is 1. The average Bonchev–Trinajstić information content (AvgIpc) is 2.61. The largest absolute Gasteiger partial charge is 0.325 e. The molecule has 3 N–H and O–H groups in total. The summed E-state index contributed by atoms with van der Waals surface area (Å²) in [6, 6.07) is 5.75. The Labute approximate surface area is 143 Å². The molecule has 0 atom stereocenters. The van der Waals surface area contributed by atoms with Crippen LogP contribution in [0.5, 0.6) is 0 Å². The van der Waals surface area contributed by atoms with Crippen molar-refractivity contribution in [3.63, 3.8) is 0 Å². The first-order chi connectivity index (χ1) is 12.0. The minimum absolute atomic E-state index is 0.0332. The second kappa shape index (κ2) is 7.29. The monoisotopic (exact) mass is 341 g/mol. The van der Waals surface area contributed by atoms with Gasteiger partial charge in [-0.15, -0.1) is 0 Å². The van der Waals surface area contributed by atoms with E-state index >= 15 is 0 Å². The number of carbonyl (C=O) groups excluding carboxylic acids is 2. The van der Waals surface area contributed by atoms with E-state index in [0.29, 0.717) is 5.56 Å². The quantitative estimate of drug-likeness (QED) is 0.716. The van der Waals surface area contributed by atoms with Crippen molar-refractivity contribution >= 4 is 17.4 Å². The molecule has 3 rings (SSSR count). The predicted octanol–water partition coefficient (Wildman–Crippen LogP) is 1.54. The number of Topliss-reactive ketones (excluding diaryl/α,β-unsaturated/α-hetero) is 1. The third kappa shape index (κ3) is 4.12. The number of rotatable bonds is 5. The summed E-state index contributed by atoms with van der Waals surface area (Å²) in [5.41, 5.74) is 1.77. The number of nitrogens with one attached hydrogen (secondary N) is 3. The molecule has 1 heterocycles. The van der Waals surface area contributed by atoms with Crippen molar-refractivity contribution < 1.29 is 9.59 Å². The van der Waals surface area contributed by atoms with E-state index in [0.717, 1.165) is 25.5 Å². The normalized spacial score (nSPS) is 13.1. The van der Waals surface area contributed by atoms with Crippen molar-refractivity contribution in [2.45, 2.75) is 38.5 Å². The van der Waals surface area contributed by atoms with Crippen molar-refractivity contribution in [3.8, 4) is 0 Å². The average molecular weight is 341 g/mol. The van der Waals surface area contributed by atoms with E-state index < -0.39 is 17.2 Å². The summed E-state index contributed by atoms with van der Waals surface area (Å²) in [7, 11) is 0. The van der Waals surface area contributed by atoms with Gasteiger partial charge in [0.05, 0.1) is 0 Å². The molecule has 0 bridgehead atoms. The van der Waals surface area contributed by atoms with Crippen molar-refractivity contribution in [2.75, 3.05) is 5.32 Å². The van der Waals surface area contributed by atoms with E-state index in [9.17, 15) is 19.2 Å². The van der Waals surface area contributed by atoms with Gasteiger partial charge in [0.2, 0.25) is 5.91 Å². The number of aromatic nitrogens is 2. The summed E-state index contributed by atoms with van der Waals surface area (Å²) < 4.78 is 0. The molecule has 0 radical (unpaired) electrons. The molecular weight excluding hydrogens is 322 g/mol. The number of carbonyl (C=O) groups is 2. The Bertz CT molecular complexity index is 926. The number of aryl methyl sites for hydroxylation is 2. The topological polar surface area (TPSA) is 112 Å². The van der Waals surface area contributed by atoms with Crippen LogP contribution in [0.15, 0.2) is 34.0 Å². The molecule has 0 unspecified atom stereocenters. The highest BCUT2D eigenvalue weighted by Crippen LogP contribution is 2.23. The van der Waals surface area contributed by atoms with Crippen LogP contribution in [-0.4, -0.2) is 21.7 Å². The van der Waals surface area contributed by atoms with Crippen LogP contribution < -0.4 is 16.6 Å². The first-order valence-electron chi connectivity index (χ1n) is 8.30. The molecule has 1 aliphatic rings. The van der Waals surface area contributed by atoms with Crippen molar-refractivity contribution in [2.24, 2.45) is 0 Å². The van der Waals surface area contributed by atoms with Gasteiger partial charge in [-0.25, -0.2) is 4.79 Å². The van der Waals surface area contributed by atoms with Crippen LogP contribution in [0.1, 0.15) is 47.2 Å². The molecule has 1 aliphatic carbocycles. The lowest BCUT2D eigenvalue weighted by Crippen LogP contribution is -2.26. The number of H-pyrrole nitrogens is 2. The fourth-order valence-electron chi connectivity index (χ4n) is 2.99. The second-order valence-corrected chi connectivity index (χ2v) is 6.15. The summed E-state index contributed by atoms with van der Waals surface area (Å²) in [6.45, 7) is 0. The summed E-state index contributed by atoms with van der Waals surface area (Å²) >= 11 is 0. The summed E-state index contributed by atoms with van der Waals surface area (Å²) in [5.74, 6) is -0.553. The van der Waals surface area contributed by atoms with E-state index in [1.807, 2.05) is 23.2 Å². The van der Waals surface area contributed by atoms with E-state index in [1.54, 1.807) is 0 Å². The Morgan fingerprint density at radius 1 is 1.04 bits per heavy atom. The predicted molar refractivity (Wildman–Crippen MR) is 93.0 cm³/mol. The van der Waals surface area contributed by atoms with Gasteiger partial charge in [-0.3, -0.25) is 19.4 Å². The van der Waals surface area contributed by atoms with E-state index in [2.05, 4.69) is 10.3 Å². The van der Waals surface area contributed by atoms with Crippen LogP contribution >= 0.6 is 0 Å². The minimum Gasteiger partial charge on any atom is -0.320 e. The zero-order valence-corrected chi connectivity index (χ0v) is 13.7. The number of fused-ring (bicyclic) bond motifs is 1. The summed E-state index contributed by atoms with van der Waals surface area (Å²) in [6.07, 6.45) is 5.53. The van der Waals surface area contributed by atoms with Gasteiger partial charge in [0, 0.05) is 24.6 Å². The molecule has 7 heteroatoms. The fourth-order valence-corrected chi connectivity index (χ4v) is 2.99. The third-order valence-corrected chi connectivity index (χ3v) is 4.34. The lowest BCUT2D eigenvalue weighted by molar-refractivity contribution is -0.116. The van der Waals surface area contributed by atoms with Gasteiger partial charge in [0.15, 0.2) is 5.78 Å². The Morgan fingerprint density at radius 2 is 1.80 bits per heavy atom. The molecule has 1 amide bonds. The number of benzene rings is 1. The molecule has 130 valence electrons. The Balaban J connectivity index is 1.59. The molecule has 0 spiro atoms. The van der Waals surface area contributed by atoms with Crippen LogP contribution in [0, 0.1) is 0 Å². The zero-order chi connectivity index (χ0) is 17.8. The Hall–Kier alpha value is -2.96. The van der Waals surface area contributed by atoms with Gasteiger partial charge in [-0.2, -0.15) is 0 Å². The second-order valence-electron chi connectivity index (χ2n) is 6.15. The zero-order valence-electron chi connectivity index (χ0n) is 13.7. The maximum Gasteiger partial charge on any atom is 0.325 e. The molecule has 7 nitrogen and oxygen atoms in total. The third-order valence-electron chi connectivity index (χ3n) is 4.34. The first kappa shape index (κ1) is 16.9. The van der Waals surface area contributed by atoms with Crippen LogP contribution in [0.2, 0.25) is 0 Å². The molecule has 2 aromatic rings. The molecule has 0 fully saturated rings. The van der Waals surface area contributed by atoms with Gasteiger partial charge >= 0.3 is 5.69 Å². The highest BCUT2D eigenvalue weighted by Gasteiger charge is 2.14. The number of hydrogen-bond donors (Lipinski definition) is 3. The smallest absolute Gasteiger partial charge is 0.320 e. The standard InChI is InChI=1S/C18H19N3O4/c22-15(13-6-5-11-3-1-2-4-12(11)9-13)7-8-16(23)20-14-10-19-18(25)21-17(14)24/h5-6,9-10H,1-4,7-8H2,(H,20,23)(H2,19,21,24,25). The number of anilines is 1. The lowest BCUT2D eigenvalue weighted by Gasteiger charge is -2.16. The highest BCUT2D eigenvalue weighted by atomic mass is 16.2. The number of hydrogen-bond acceptors (Lipinski definition) is 4. The molecule has 1 aromatic heterocycles. The van der Waals surface area contributed by atoms with E-state index in [1.165, 1.54) is 17.5 Å². The fraction of sp³-hybridized carbons (Fsp3) is 0.333. The molecular formula is C18H19N3O4. The molecule has 0 saturated carbocycles.